The lowest BCUT2D eigenvalue weighted by molar-refractivity contribution is -0.114. The lowest BCUT2D eigenvalue weighted by Crippen LogP contribution is -2.05. The number of nitrogens with one attached hydrogen (secondary N) is 1. The first-order valence-corrected chi connectivity index (χ1v) is 6.79. The molecule has 5 heteroatoms. The van der Waals surface area contributed by atoms with Crippen molar-refractivity contribution in [1.82, 2.24) is 9.97 Å². The number of carbonyl (C=O) groups excluding carboxylic acids is 1. The normalized spacial score (nSPS) is 10.6. The maximum absolute atomic E-state index is 11.0. The minimum absolute atomic E-state index is 0.0858. The molecular formula is C16H12ClN3O. The smallest absolute Gasteiger partial charge is 0.221 e. The number of halogens is 1. The Bertz CT molecular complexity index is 815. The molecule has 0 aliphatic heterocycles. The summed E-state index contributed by atoms with van der Waals surface area (Å²) in [5, 5.41) is 4.01. The summed E-state index contributed by atoms with van der Waals surface area (Å²) >= 11 is 6.10. The monoisotopic (exact) mass is 297 g/mol. The largest absolute Gasteiger partial charge is 0.326 e. The van der Waals surface area contributed by atoms with Gasteiger partial charge in [-0.1, -0.05) is 29.8 Å². The van der Waals surface area contributed by atoms with E-state index in [4.69, 9.17) is 11.6 Å². The molecule has 4 nitrogen and oxygen atoms in total. The van der Waals surface area contributed by atoms with Crippen LogP contribution in [-0.4, -0.2) is 15.9 Å². The molecule has 104 valence electrons. The predicted molar refractivity (Wildman–Crippen MR) is 84.3 cm³/mol. The van der Waals surface area contributed by atoms with Gasteiger partial charge in [0.25, 0.3) is 0 Å². The zero-order valence-electron chi connectivity index (χ0n) is 11.3. The standard InChI is InChI=1S/C16H12ClN3O/c1-10(21)20-13-5-2-11(3-6-13)12-4-7-15-14(8-12)16(17)19-9-18-15/h2-9H,1H3,(H,20,21). The van der Waals surface area contributed by atoms with E-state index in [1.807, 2.05) is 42.5 Å². The van der Waals surface area contributed by atoms with Gasteiger partial charge >= 0.3 is 0 Å². The fourth-order valence-corrected chi connectivity index (χ4v) is 2.35. The third kappa shape index (κ3) is 2.85. The van der Waals surface area contributed by atoms with Gasteiger partial charge in [0.1, 0.15) is 11.5 Å². The van der Waals surface area contributed by atoms with E-state index in [-0.39, 0.29) is 5.91 Å². The van der Waals surface area contributed by atoms with Crippen molar-refractivity contribution in [2.45, 2.75) is 6.92 Å². The van der Waals surface area contributed by atoms with Crippen LogP contribution in [0.25, 0.3) is 22.0 Å². The number of nitrogens with zero attached hydrogens (tertiary/aromatic N) is 2. The summed E-state index contributed by atoms with van der Waals surface area (Å²) in [4.78, 5) is 19.2. The fourth-order valence-electron chi connectivity index (χ4n) is 2.15. The lowest BCUT2D eigenvalue weighted by Gasteiger charge is -2.06. The number of carbonyl (C=O) groups is 1. The molecule has 0 atom stereocenters. The van der Waals surface area contributed by atoms with Gasteiger partial charge < -0.3 is 5.32 Å². The number of rotatable bonds is 2. The molecule has 3 rings (SSSR count). The van der Waals surface area contributed by atoms with Crippen LogP contribution < -0.4 is 5.32 Å². The highest BCUT2D eigenvalue weighted by Crippen LogP contribution is 2.27. The molecule has 0 unspecified atom stereocenters. The Labute approximate surface area is 126 Å². The van der Waals surface area contributed by atoms with Crippen molar-refractivity contribution < 1.29 is 4.79 Å². The highest BCUT2D eigenvalue weighted by Gasteiger charge is 2.05. The number of hydrogen-bond donors (Lipinski definition) is 1. The summed E-state index contributed by atoms with van der Waals surface area (Å²) in [6, 6.07) is 13.5. The zero-order chi connectivity index (χ0) is 14.8. The summed E-state index contributed by atoms with van der Waals surface area (Å²) in [7, 11) is 0. The molecular weight excluding hydrogens is 286 g/mol. The molecule has 2 aromatic carbocycles. The molecule has 0 aliphatic rings. The SMILES string of the molecule is CC(=O)Nc1ccc(-c2ccc3ncnc(Cl)c3c2)cc1. The van der Waals surface area contributed by atoms with Crippen LogP contribution in [0.3, 0.4) is 0 Å². The highest BCUT2D eigenvalue weighted by atomic mass is 35.5. The van der Waals surface area contributed by atoms with Crippen molar-refractivity contribution in [3.63, 3.8) is 0 Å². The highest BCUT2D eigenvalue weighted by molar-refractivity contribution is 6.34. The van der Waals surface area contributed by atoms with Crippen molar-refractivity contribution in [3.05, 3.63) is 53.9 Å². The second-order valence-corrected chi connectivity index (χ2v) is 5.01. The average molecular weight is 298 g/mol. The Kier molecular flexibility index (Phi) is 3.54. The fraction of sp³-hybridized carbons (Fsp3) is 0.0625. The second kappa shape index (κ2) is 5.50. The minimum atomic E-state index is -0.0858. The first-order chi connectivity index (χ1) is 10.1. The number of hydrogen-bond acceptors (Lipinski definition) is 3. The van der Waals surface area contributed by atoms with Gasteiger partial charge in [0.05, 0.1) is 5.52 Å². The Morgan fingerprint density at radius 1 is 1.05 bits per heavy atom. The lowest BCUT2D eigenvalue weighted by atomic mass is 10.0. The van der Waals surface area contributed by atoms with Crippen molar-refractivity contribution in [1.29, 1.82) is 0 Å². The van der Waals surface area contributed by atoms with Gasteiger partial charge in [-0.3, -0.25) is 4.79 Å². The molecule has 0 fully saturated rings. The van der Waals surface area contributed by atoms with Gasteiger partial charge in [0, 0.05) is 18.0 Å². The first kappa shape index (κ1) is 13.5. The topological polar surface area (TPSA) is 54.9 Å². The molecule has 0 radical (unpaired) electrons. The van der Waals surface area contributed by atoms with Crippen LogP contribution in [-0.2, 0) is 4.79 Å². The van der Waals surface area contributed by atoms with Crippen LogP contribution >= 0.6 is 11.6 Å². The van der Waals surface area contributed by atoms with E-state index in [9.17, 15) is 4.79 Å². The first-order valence-electron chi connectivity index (χ1n) is 6.42. The van der Waals surface area contributed by atoms with Crippen LogP contribution in [0.4, 0.5) is 5.69 Å². The van der Waals surface area contributed by atoms with E-state index in [0.29, 0.717) is 5.15 Å². The molecule has 3 aromatic rings. The molecule has 1 N–H and O–H groups in total. The number of anilines is 1. The Morgan fingerprint density at radius 3 is 2.48 bits per heavy atom. The maximum Gasteiger partial charge on any atom is 0.221 e. The average Bonchev–Trinajstić information content (AvgIpc) is 2.48. The second-order valence-electron chi connectivity index (χ2n) is 4.65. The molecule has 1 heterocycles. The molecule has 0 bridgehead atoms. The number of aromatic nitrogens is 2. The maximum atomic E-state index is 11.0. The third-order valence-corrected chi connectivity index (χ3v) is 3.43. The van der Waals surface area contributed by atoms with Crippen LogP contribution in [0, 0.1) is 0 Å². The Morgan fingerprint density at radius 2 is 1.76 bits per heavy atom. The van der Waals surface area contributed by atoms with Gasteiger partial charge in [-0.15, -0.1) is 0 Å². The summed E-state index contributed by atoms with van der Waals surface area (Å²) < 4.78 is 0. The summed E-state index contributed by atoms with van der Waals surface area (Å²) in [6.45, 7) is 1.49. The van der Waals surface area contributed by atoms with E-state index in [0.717, 1.165) is 27.7 Å². The van der Waals surface area contributed by atoms with Crippen molar-refractivity contribution in [3.8, 4) is 11.1 Å². The van der Waals surface area contributed by atoms with Gasteiger partial charge in [0.2, 0.25) is 5.91 Å². The third-order valence-electron chi connectivity index (χ3n) is 3.13. The molecule has 0 saturated carbocycles. The number of benzene rings is 2. The quantitative estimate of drug-likeness (QED) is 0.730. The number of fused-ring (bicyclic) bond motifs is 1. The summed E-state index contributed by atoms with van der Waals surface area (Å²) in [5.74, 6) is -0.0858. The molecule has 0 aliphatic carbocycles. The van der Waals surface area contributed by atoms with Crippen LogP contribution in [0.15, 0.2) is 48.8 Å². The van der Waals surface area contributed by atoms with E-state index in [1.54, 1.807) is 0 Å². The Balaban J connectivity index is 2.00. The van der Waals surface area contributed by atoms with Crippen LogP contribution in [0.2, 0.25) is 5.15 Å². The van der Waals surface area contributed by atoms with E-state index >= 15 is 0 Å². The minimum Gasteiger partial charge on any atom is -0.326 e. The summed E-state index contributed by atoms with van der Waals surface area (Å²) in [5.41, 5.74) is 3.64. The number of amides is 1. The van der Waals surface area contributed by atoms with Gasteiger partial charge in [0.15, 0.2) is 0 Å². The van der Waals surface area contributed by atoms with Crippen molar-refractivity contribution >= 4 is 34.1 Å². The van der Waals surface area contributed by atoms with Crippen molar-refractivity contribution in [2.24, 2.45) is 0 Å². The molecule has 0 spiro atoms. The van der Waals surface area contributed by atoms with Crippen molar-refractivity contribution in [2.75, 3.05) is 5.32 Å². The predicted octanol–water partition coefficient (Wildman–Crippen LogP) is 3.91. The molecule has 21 heavy (non-hydrogen) atoms. The summed E-state index contributed by atoms with van der Waals surface area (Å²) in [6.07, 6.45) is 1.45. The zero-order valence-corrected chi connectivity index (χ0v) is 12.1. The van der Waals surface area contributed by atoms with E-state index in [2.05, 4.69) is 15.3 Å². The van der Waals surface area contributed by atoms with E-state index < -0.39 is 0 Å². The van der Waals surface area contributed by atoms with Gasteiger partial charge in [-0.2, -0.15) is 0 Å². The molecule has 1 aromatic heterocycles. The Hall–Kier alpha value is -2.46. The molecule has 0 saturated heterocycles. The van der Waals surface area contributed by atoms with Crippen LogP contribution in [0.5, 0.6) is 0 Å². The van der Waals surface area contributed by atoms with Crippen LogP contribution in [0.1, 0.15) is 6.92 Å². The molecule has 1 amide bonds. The van der Waals surface area contributed by atoms with Gasteiger partial charge in [-0.05, 0) is 35.4 Å². The van der Waals surface area contributed by atoms with Gasteiger partial charge in [-0.25, -0.2) is 9.97 Å². The van der Waals surface area contributed by atoms with E-state index in [1.165, 1.54) is 13.3 Å².